The topological polar surface area (TPSA) is 58.6 Å². The molecule has 0 bridgehead atoms. The van der Waals surface area contributed by atoms with Crippen LogP contribution in [0.3, 0.4) is 0 Å². The summed E-state index contributed by atoms with van der Waals surface area (Å²) in [5.74, 6) is -0.954. The second-order valence-electron chi connectivity index (χ2n) is 3.65. The Balaban J connectivity index is 2.76. The van der Waals surface area contributed by atoms with Crippen LogP contribution in [0.5, 0.6) is 0 Å². The van der Waals surface area contributed by atoms with Crippen LogP contribution < -0.4 is 5.32 Å². The molecule has 0 fully saturated rings. The number of aliphatic hydroxyl groups excluding tert-OH is 1. The molecule has 0 spiro atoms. The molecule has 1 rings (SSSR count). The number of hydrogen-bond acceptors (Lipinski definition) is 4. The maximum Gasteiger partial charge on any atom is 0.330 e. The zero-order valence-corrected chi connectivity index (χ0v) is 9.87. The Morgan fingerprint density at radius 3 is 2.76 bits per heavy atom. The average Bonchev–Trinajstić information content (AvgIpc) is 2.24. The first-order chi connectivity index (χ1) is 8.06. The number of esters is 1. The van der Waals surface area contributed by atoms with E-state index in [1.54, 1.807) is 19.9 Å². The lowest BCUT2D eigenvalue weighted by molar-refractivity contribution is -0.144. The van der Waals surface area contributed by atoms with E-state index in [1.165, 1.54) is 12.1 Å². The molecule has 0 radical (unpaired) electrons. The lowest BCUT2D eigenvalue weighted by Gasteiger charge is -2.16. The molecule has 0 aliphatic heterocycles. The highest BCUT2D eigenvalue weighted by Gasteiger charge is 2.18. The number of benzene rings is 1. The van der Waals surface area contributed by atoms with Crippen LogP contribution in [0, 0.1) is 12.7 Å². The number of ether oxygens (including phenoxy) is 1. The van der Waals surface area contributed by atoms with E-state index in [9.17, 15) is 9.18 Å². The number of nitrogens with one attached hydrogen (secondary N) is 1. The van der Waals surface area contributed by atoms with Crippen molar-refractivity contribution in [3.8, 4) is 0 Å². The molecule has 1 atom stereocenters. The maximum absolute atomic E-state index is 13.1. The van der Waals surface area contributed by atoms with Crippen LogP contribution >= 0.6 is 0 Å². The molecule has 4 nitrogen and oxygen atoms in total. The predicted molar refractivity (Wildman–Crippen MR) is 62.3 cm³/mol. The van der Waals surface area contributed by atoms with Gasteiger partial charge in [0.15, 0.2) is 0 Å². The van der Waals surface area contributed by atoms with Gasteiger partial charge in [-0.15, -0.1) is 0 Å². The second-order valence-corrected chi connectivity index (χ2v) is 3.65. The van der Waals surface area contributed by atoms with E-state index in [2.05, 4.69) is 5.32 Å². The van der Waals surface area contributed by atoms with Crippen molar-refractivity contribution in [2.45, 2.75) is 19.9 Å². The summed E-state index contributed by atoms with van der Waals surface area (Å²) in [5, 5.41) is 11.8. The molecule has 2 N–H and O–H groups in total. The van der Waals surface area contributed by atoms with Gasteiger partial charge in [0.1, 0.15) is 11.9 Å². The summed E-state index contributed by atoms with van der Waals surface area (Å²) in [7, 11) is 0. The van der Waals surface area contributed by atoms with Crippen molar-refractivity contribution < 1.29 is 19.0 Å². The van der Waals surface area contributed by atoms with E-state index in [-0.39, 0.29) is 6.61 Å². The third-order valence-corrected chi connectivity index (χ3v) is 2.14. The van der Waals surface area contributed by atoms with Crippen molar-refractivity contribution in [3.05, 3.63) is 29.6 Å². The van der Waals surface area contributed by atoms with Gasteiger partial charge >= 0.3 is 5.97 Å². The van der Waals surface area contributed by atoms with Crippen molar-refractivity contribution >= 4 is 11.7 Å². The van der Waals surface area contributed by atoms with E-state index in [1.807, 2.05) is 0 Å². The number of carbonyl (C=O) groups excluding carboxylic acids is 1. The van der Waals surface area contributed by atoms with Crippen molar-refractivity contribution in [2.24, 2.45) is 0 Å². The number of halogens is 1. The number of aryl methyl sites for hydroxylation is 1. The molecule has 17 heavy (non-hydrogen) atoms. The van der Waals surface area contributed by atoms with Crippen molar-refractivity contribution in [2.75, 3.05) is 18.5 Å². The van der Waals surface area contributed by atoms with E-state index >= 15 is 0 Å². The van der Waals surface area contributed by atoms with Crippen molar-refractivity contribution in [3.63, 3.8) is 0 Å². The molecule has 0 saturated heterocycles. The highest BCUT2D eigenvalue weighted by molar-refractivity contribution is 5.79. The number of anilines is 1. The van der Waals surface area contributed by atoms with E-state index in [0.29, 0.717) is 5.69 Å². The van der Waals surface area contributed by atoms with Crippen molar-refractivity contribution in [1.82, 2.24) is 0 Å². The van der Waals surface area contributed by atoms with Gasteiger partial charge in [0.2, 0.25) is 0 Å². The SMILES string of the molecule is CCOC(=O)C(CO)Nc1cc(C)cc(F)c1. The minimum Gasteiger partial charge on any atom is -0.464 e. The Morgan fingerprint density at radius 2 is 2.24 bits per heavy atom. The number of carbonyl (C=O) groups is 1. The molecule has 1 aromatic carbocycles. The predicted octanol–water partition coefficient (Wildman–Crippen LogP) is 1.47. The Kier molecular flexibility index (Phi) is 4.90. The minimum absolute atomic E-state index is 0.235. The Labute approximate surface area is 99.4 Å². The largest absolute Gasteiger partial charge is 0.464 e. The van der Waals surface area contributed by atoms with Gasteiger partial charge in [-0.3, -0.25) is 0 Å². The smallest absolute Gasteiger partial charge is 0.330 e. The fourth-order valence-corrected chi connectivity index (χ4v) is 1.44. The summed E-state index contributed by atoms with van der Waals surface area (Å²) in [6.07, 6.45) is 0. The van der Waals surface area contributed by atoms with Crippen LogP contribution in [0.25, 0.3) is 0 Å². The van der Waals surface area contributed by atoms with Gasteiger partial charge in [-0.25, -0.2) is 9.18 Å². The zero-order valence-electron chi connectivity index (χ0n) is 9.87. The number of hydrogen-bond donors (Lipinski definition) is 2. The normalized spacial score (nSPS) is 12.0. The molecule has 0 aromatic heterocycles. The lowest BCUT2D eigenvalue weighted by atomic mass is 10.2. The summed E-state index contributed by atoms with van der Waals surface area (Å²) in [4.78, 5) is 11.4. The van der Waals surface area contributed by atoms with E-state index in [4.69, 9.17) is 9.84 Å². The van der Waals surface area contributed by atoms with Gasteiger partial charge in [0, 0.05) is 5.69 Å². The fraction of sp³-hybridized carbons (Fsp3) is 0.417. The van der Waals surface area contributed by atoms with Crippen LogP contribution in [0.2, 0.25) is 0 Å². The molecule has 1 aromatic rings. The summed E-state index contributed by atoms with van der Waals surface area (Å²) < 4.78 is 17.9. The first-order valence-corrected chi connectivity index (χ1v) is 5.38. The highest BCUT2D eigenvalue weighted by atomic mass is 19.1. The Morgan fingerprint density at radius 1 is 1.53 bits per heavy atom. The van der Waals surface area contributed by atoms with Crippen LogP contribution in [0.15, 0.2) is 18.2 Å². The first kappa shape index (κ1) is 13.4. The van der Waals surface area contributed by atoms with Gasteiger partial charge in [0.25, 0.3) is 0 Å². The number of aliphatic hydroxyl groups is 1. The Bertz CT molecular complexity index is 375. The molecule has 5 heteroatoms. The molecule has 0 heterocycles. The van der Waals surface area contributed by atoms with Crippen LogP contribution in [-0.4, -0.2) is 30.3 Å². The van der Waals surface area contributed by atoms with Gasteiger partial charge in [-0.05, 0) is 37.6 Å². The highest BCUT2D eigenvalue weighted by Crippen LogP contribution is 2.14. The van der Waals surface area contributed by atoms with Crippen molar-refractivity contribution in [1.29, 1.82) is 0 Å². The lowest BCUT2D eigenvalue weighted by Crippen LogP contribution is -2.34. The van der Waals surface area contributed by atoms with Gasteiger partial charge < -0.3 is 15.2 Å². The second kappa shape index (κ2) is 6.20. The van der Waals surface area contributed by atoms with E-state index < -0.39 is 24.4 Å². The molecular weight excluding hydrogens is 225 g/mol. The maximum atomic E-state index is 13.1. The fourth-order valence-electron chi connectivity index (χ4n) is 1.44. The summed E-state index contributed by atoms with van der Waals surface area (Å²) in [6, 6.07) is 3.44. The van der Waals surface area contributed by atoms with Crippen LogP contribution in [0.1, 0.15) is 12.5 Å². The third kappa shape index (κ3) is 4.03. The van der Waals surface area contributed by atoms with Crippen LogP contribution in [-0.2, 0) is 9.53 Å². The van der Waals surface area contributed by atoms with Gasteiger partial charge in [-0.1, -0.05) is 0 Å². The molecule has 1 unspecified atom stereocenters. The molecule has 0 amide bonds. The minimum atomic E-state index is -0.879. The molecule has 0 aliphatic carbocycles. The molecule has 0 saturated carbocycles. The number of rotatable bonds is 5. The monoisotopic (exact) mass is 241 g/mol. The Hall–Kier alpha value is -1.62. The molecule has 94 valence electrons. The average molecular weight is 241 g/mol. The van der Waals surface area contributed by atoms with E-state index in [0.717, 1.165) is 5.56 Å². The quantitative estimate of drug-likeness (QED) is 0.766. The molecular formula is C12H16FNO3. The zero-order chi connectivity index (χ0) is 12.8. The van der Waals surface area contributed by atoms with Gasteiger partial charge in [-0.2, -0.15) is 0 Å². The standard InChI is InChI=1S/C12H16FNO3/c1-3-17-12(16)11(7-15)14-10-5-8(2)4-9(13)6-10/h4-6,11,14-15H,3,7H2,1-2H3. The van der Waals surface area contributed by atoms with Crippen LogP contribution in [0.4, 0.5) is 10.1 Å². The third-order valence-electron chi connectivity index (χ3n) is 2.14. The summed E-state index contributed by atoms with van der Waals surface area (Å²) in [5.41, 5.74) is 1.17. The summed E-state index contributed by atoms with van der Waals surface area (Å²) in [6.45, 7) is 3.25. The van der Waals surface area contributed by atoms with Gasteiger partial charge in [0.05, 0.1) is 13.2 Å². The molecule has 0 aliphatic rings. The summed E-state index contributed by atoms with van der Waals surface area (Å²) >= 11 is 0. The first-order valence-electron chi connectivity index (χ1n) is 5.38.